The molecule has 0 radical (unpaired) electrons. The third-order valence-corrected chi connectivity index (χ3v) is 3.03. The summed E-state index contributed by atoms with van der Waals surface area (Å²) in [4.78, 5) is 12.7. The first kappa shape index (κ1) is 10.4. The number of likely N-dealkylation sites (tertiary alicyclic amines) is 1. The van der Waals surface area contributed by atoms with Crippen LogP contribution in [0, 0.1) is 11.8 Å². The highest BCUT2D eigenvalue weighted by atomic mass is 16.2. The van der Waals surface area contributed by atoms with Gasteiger partial charge in [-0.05, 0) is 31.1 Å². The molecule has 0 aliphatic carbocycles. The van der Waals surface area contributed by atoms with E-state index in [2.05, 4.69) is 13.8 Å². The number of nitrogens with zero attached hydrogens (tertiary/aromatic N) is 1. The molecule has 0 spiro atoms. The Bertz CT molecular complexity index is 180. The maximum atomic E-state index is 10.9. The molecule has 0 bridgehead atoms. The van der Waals surface area contributed by atoms with Crippen molar-refractivity contribution in [1.82, 2.24) is 4.90 Å². The van der Waals surface area contributed by atoms with E-state index in [-0.39, 0.29) is 6.03 Å². The fourth-order valence-electron chi connectivity index (χ4n) is 2.01. The molecule has 1 fully saturated rings. The third kappa shape index (κ3) is 2.90. The summed E-state index contributed by atoms with van der Waals surface area (Å²) in [6.07, 6.45) is 3.45. The third-order valence-electron chi connectivity index (χ3n) is 3.03. The predicted molar refractivity (Wildman–Crippen MR) is 53.3 cm³/mol. The first-order chi connectivity index (χ1) is 6.11. The van der Waals surface area contributed by atoms with Gasteiger partial charge in [0.1, 0.15) is 0 Å². The monoisotopic (exact) mass is 184 g/mol. The summed E-state index contributed by atoms with van der Waals surface area (Å²) in [7, 11) is 0. The second-order valence-corrected chi connectivity index (χ2v) is 4.26. The molecule has 76 valence electrons. The highest BCUT2D eigenvalue weighted by Gasteiger charge is 2.20. The molecule has 0 aromatic carbocycles. The SMILES string of the molecule is CC(C)C1CCCN(C(N)=O)CC1. The molecule has 3 heteroatoms. The first-order valence-corrected chi connectivity index (χ1v) is 5.15. The van der Waals surface area contributed by atoms with Gasteiger partial charge in [0.15, 0.2) is 0 Å². The number of amides is 2. The van der Waals surface area contributed by atoms with E-state index in [9.17, 15) is 4.79 Å². The van der Waals surface area contributed by atoms with Gasteiger partial charge in [-0.15, -0.1) is 0 Å². The number of carbonyl (C=O) groups excluding carboxylic acids is 1. The average Bonchev–Trinajstić information content (AvgIpc) is 2.27. The Hall–Kier alpha value is -0.730. The van der Waals surface area contributed by atoms with E-state index in [1.807, 2.05) is 0 Å². The van der Waals surface area contributed by atoms with Crippen molar-refractivity contribution in [2.45, 2.75) is 33.1 Å². The summed E-state index contributed by atoms with van der Waals surface area (Å²) < 4.78 is 0. The van der Waals surface area contributed by atoms with Crippen LogP contribution in [-0.2, 0) is 0 Å². The maximum Gasteiger partial charge on any atom is 0.314 e. The molecule has 1 rings (SSSR count). The molecule has 2 amide bonds. The standard InChI is InChI=1S/C10H20N2O/c1-8(2)9-4-3-6-12(7-5-9)10(11)13/h8-9H,3-7H2,1-2H3,(H2,11,13). The number of primary amides is 1. The van der Waals surface area contributed by atoms with Gasteiger partial charge < -0.3 is 10.6 Å². The van der Waals surface area contributed by atoms with Crippen molar-refractivity contribution in [1.29, 1.82) is 0 Å². The van der Waals surface area contributed by atoms with Crippen molar-refractivity contribution in [2.75, 3.05) is 13.1 Å². The van der Waals surface area contributed by atoms with Gasteiger partial charge in [0, 0.05) is 13.1 Å². The zero-order valence-corrected chi connectivity index (χ0v) is 8.62. The molecule has 1 aliphatic rings. The molecule has 0 aromatic rings. The van der Waals surface area contributed by atoms with E-state index in [1.54, 1.807) is 4.90 Å². The minimum absolute atomic E-state index is 0.260. The smallest absolute Gasteiger partial charge is 0.314 e. The second-order valence-electron chi connectivity index (χ2n) is 4.26. The molecule has 0 aromatic heterocycles. The summed E-state index contributed by atoms with van der Waals surface area (Å²) >= 11 is 0. The summed E-state index contributed by atoms with van der Waals surface area (Å²) in [6, 6.07) is -0.260. The summed E-state index contributed by atoms with van der Waals surface area (Å²) in [5, 5.41) is 0. The lowest BCUT2D eigenvalue weighted by Gasteiger charge is -2.19. The van der Waals surface area contributed by atoms with Gasteiger partial charge in [-0.25, -0.2) is 4.79 Å². The van der Waals surface area contributed by atoms with Gasteiger partial charge in [0.05, 0.1) is 0 Å². The van der Waals surface area contributed by atoms with E-state index in [0.29, 0.717) is 0 Å². The number of nitrogens with two attached hydrogens (primary N) is 1. The molecule has 2 N–H and O–H groups in total. The van der Waals surface area contributed by atoms with Crippen LogP contribution >= 0.6 is 0 Å². The van der Waals surface area contributed by atoms with Crippen LogP contribution in [0.15, 0.2) is 0 Å². The fraction of sp³-hybridized carbons (Fsp3) is 0.900. The summed E-state index contributed by atoms with van der Waals surface area (Å²) in [5.74, 6) is 1.50. The first-order valence-electron chi connectivity index (χ1n) is 5.15. The zero-order valence-electron chi connectivity index (χ0n) is 8.62. The summed E-state index contributed by atoms with van der Waals surface area (Å²) in [6.45, 7) is 6.20. The zero-order chi connectivity index (χ0) is 9.84. The van der Waals surface area contributed by atoms with Gasteiger partial charge in [0.2, 0.25) is 0 Å². The molecular weight excluding hydrogens is 164 g/mol. The number of carbonyl (C=O) groups is 1. The topological polar surface area (TPSA) is 46.3 Å². The Morgan fingerprint density at radius 1 is 1.38 bits per heavy atom. The van der Waals surface area contributed by atoms with Crippen LogP contribution in [0.2, 0.25) is 0 Å². The lowest BCUT2D eigenvalue weighted by molar-refractivity contribution is 0.208. The minimum atomic E-state index is -0.260. The second kappa shape index (κ2) is 4.49. The Morgan fingerprint density at radius 3 is 2.62 bits per heavy atom. The average molecular weight is 184 g/mol. The lowest BCUT2D eigenvalue weighted by atomic mass is 9.89. The van der Waals surface area contributed by atoms with Gasteiger partial charge >= 0.3 is 6.03 Å². The molecule has 1 aliphatic heterocycles. The van der Waals surface area contributed by atoms with Crippen molar-refractivity contribution >= 4 is 6.03 Å². The Labute approximate surface area is 80.3 Å². The highest BCUT2D eigenvalue weighted by molar-refractivity contribution is 5.71. The number of urea groups is 1. The van der Waals surface area contributed by atoms with E-state index in [1.165, 1.54) is 6.42 Å². The molecule has 1 atom stereocenters. The van der Waals surface area contributed by atoms with Crippen LogP contribution in [-0.4, -0.2) is 24.0 Å². The van der Waals surface area contributed by atoms with Crippen molar-refractivity contribution in [3.63, 3.8) is 0 Å². The van der Waals surface area contributed by atoms with E-state index in [0.717, 1.165) is 37.8 Å². The van der Waals surface area contributed by atoms with Crippen molar-refractivity contribution < 1.29 is 4.79 Å². The van der Waals surface area contributed by atoms with E-state index in [4.69, 9.17) is 5.73 Å². The number of hydrogen-bond acceptors (Lipinski definition) is 1. The Morgan fingerprint density at radius 2 is 2.08 bits per heavy atom. The Balaban J connectivity index is 2.44. The van der Waals surface area contributed by atoms with Crippen LogP contribution in [0.3, 0.4) is 0 Å². The van der Waals surface area contributed by atoms with Gasteiger partial charge in [-0.1, -0.05) is 13.8 Å². The van der Waals surface area contributed by atoms with Gasteiger partial charge in [-0.2, -0.15) is 0 Å². The normalized spacial score (nSPS) is 24.5. The molecule has 1 heterocycles. The van der Waals surface area contributed by atoms with E-state index >= 15 is 0 Å². The highest BCUT2D eigenvalue weighted by Crippen LogP contribution is 2.24. The molecule has 1 saturated heterocycles. The Kier molecular flexibility index (Phi) is 3.58. The fourth-order valence-corrected chi connectivity index (χ4v) is 2.01. The molecule has 13 heavy (non-hydrogen) atoms. The molecule has 0 saturated carbocycles. The van der Waals surface area contributed by atoms with Crippen LogP contribution in [0.1, 0.15) is 33.1 Å². The van der Waals surface area contributed by atoms with Crippen molar-refractivity contribution in [3.05, 3.63) is 0 Å². The number of hydrogen-bond donors (Lipinski definition) is 1. The molecular formula is C10H20N2O. The molecule has 3 nitrogen and oxygen atoms in total. The van der Waals surface area contributed by atoms with Crippen LogP contribution in [0.25, 0.3) is 0 Å². The van der Waals surface area contributed by atoms with Crippen molar-refractivity contribution in [2.24, 2.45) is 17.6 Å². The van der Waals surface area contributed by atoms with Gasteiger partial charge in [0.25, 0.3) is 0 Å². The minimum Gasteiger partial charge on any atom is -0.351 e. The van der Waals surface area contributed by atoms with Crippen molar-refractivity contribution in [3.8, 4) is 0 Å². The maximum absolute atomic E-state index is 10.9. The van der Waals surface area contributed by atoms with Crippen LogP contribution in [0.4, 0.5) is 4.79 Å². The predicted octanol–water partition coefficient (Wildman–Crippen LogP) is 1.82. The largest absolute Gasteiger partial charge is 0.351 e. The van der Waals surface area contributed by atoms with Crippen LogP contribution in [0.5, 0.6) is 0 Å². The quantitative estimate of drug-likeness (QED) is 0.664. The van der Waals surface area contributed by atoms with Crippen LogP contribution < -0.4 is 5.73 Å². The number of rotatable bonds is 1. The molecule has 1 unspecified atom stereocenters. The van der Waals surface area contributed by atoms with E-state index < -0.39 is 0 Å². The lowest BCUT2D eigenvalue weighted by Crippen LogP contribution is -2.36. The van der Waals surface area contributed by atoms with Gasteiger partial charge in [-0.3, -0.25) is 0 Å². The summed E-state index contributed by atoms with van der Waals surface area (Å²) in [5.41, 5.74) is 5.25.